The van der Waals surface area contributed by atoms with Gasteiger partial charge in [-0.2, -0.15) is 0 Å². The lowest BCUT2D eigenvalue weighted by Crippen LogP contribution is -2.09. The summed E-state index contributed by atoms with van der Waals surface area (Å²) >= 11 is 0. The number of hydrogen-bond acceptors (Lipinski definition) is 5. The average Bonchev–Trinajstić information content (AvgIpc) is 2.62. The molecule has 0 radical (unpaired) electrons. The van der Waals surface area contributed by atoms with Gasteiger partial charge in [0.15, 0.2) is 0 Å². The zero-order chi connectivity index (χ0) is 18.0. The van der Waals surface area contributed by atoms with Crippen LogP contribution in [0.5, 0.6) is 0 Å². The summed E-state index contributed by atoms with van der Waals surface area (Å²) in [7, 11) is 0. The molecule has 7 heteroatoms. The van der Waals surface area contributed by atoms with Crippen LogP contribution in [-0.4, -0.2) is 9.85 Å². The first-order chi connectivity index (χ1) is 12.0. The Balaban J connectivity index is 2.19. The molecule has 126 valence electrons. The first-order valence-electron chi connectivity index (χ1n) is 7.65. The molecule has 0 heterocycles. The molecule has 0 fully saturated rings. The maximum absolute atomic E-state index is 11.5. The van der Waals surface area contributed by atoms with Crippen LogP contribution in [-0.2, 0) is 0 Å². The van der Waals surface area contributed by atoms with Crippen LogP contribution in [0.15, 0.2) is 60.7 Å². The van der Waals surface area contributed by atoms with Crippen molar-refractivity contribution in [3.05, 3.63) is 86.5 Å². The zero-order valence-electron chi connectivity index (χ0n) is 13.4. The highest BCUT2D eigenvalue weighted by Crippen LogP contribution is 2.40. The highest BCUT2D eigenvalue weighted by Gasteiger charge is 2.26. The van der Waals surface area contributed by atoms with Crippen LogP contribution >= 0.6 is 0 Å². The monoisotopic (exact) mass is 337 g/mol. The van der Waals surface area contributed by atoms with Crippen molar-refractivity contribution in [3.8, 4) is 0 Å². The predicted molar refractivity (Wildman–Crippen MR) is 95.7 cm³/mol. The van der Waals surface area contributed by atoms with E-state index in [0.29, 0.717) is 10.8 Å². The minimum Gasteiger partial charge on any atom is -0.372 e. The van der Waals surface area contributed by atoms with Crippen molar-refractivity contribution in [2.24, 2.45) is 0 Å². The summed E-state index contributed by atoms with van der Waals surface area (Å²) in [6.07, 6.45) is 0. The van der Waals surface area contributed by atoms with E-state index < -0.39 is 9.85 Å². The molecule has 25 heavy (non-hydrogen) atoms. The van der Waals surface area contributed by atoms with Gasteiger partial charge in [-0.25, -0.2) is 0 Å². The fourth-order valence-electron chi connectivity index (χ4n) is 2.83. The number of nitrogens with one attached hydrogen (secondary N) is 1. The maximum Gasteiger partial charge on any atom is 0.299 e. The molecule has 0 aliphatic rings. The van der Waals surface area contributed by atoms with Crippen LogP contribution in [0.3, 0.4) is 0 Å². The fraction of sp³-hybridized carbons (Fsp3) is 0.111. The smallest absolute Gasteiger partial charge is 0.299 e. The molecule has 0 spiro atoms. The van der Waals surface area contributed by atoms with Gasteiger partial charge in [-0.1, -0.05) is 48.5 Å². The molecule has 1 N–H and O–H groups in total. The lowest BCUT2D eigenvalue weighted by molar-refractivity contribution is -0.392. The Bertz CT molecular complexity index is 957. The maximum atomic E-state index is 11.5. The largest absolute Gasteiger partial charge is 0.372 e. The minimum absolute atomic E-state index is 0.204. The number of hydrogen-bond donors (Lipinski definition) is 1. The number of anilines is 1. The van der Waals surface area contributed by atoms with Crippen molar-refractivity contribution < 1.29 is 9.85 Å². The second-order valence-electron chi connectivity index (χ2n) is 5.63. The van der Waals surface area contributed by atoms with E-state index in [1.807, 2.05) is 37.3 Å². The van der Waals surface area contributed by atoms with Crippen molar-refractivity contribution in [2.75, 3.05) is 5.32 Å². The number of nitro benzene ring substituents is 2. The molecule has 3 aromatic carbocycles. The van der Waals surface area contributed by atoms with Crippen LogP contribution in [0.2, 0.25) is 0 Å². The molecule has 0 amide bonds. The quantitative estimate of drug-likeness (QED) is 0.531. The first-order valence-corrected chi connectivity index (χ1v) is 7.65. The van der Waals surface area contributed by atoms with E-state index in [-0.39, 0.29) is 23.1 Å². The predicted octanol–water partition coefficient (Wildman–Crippen LogP) is 4.83. The van der Waals surface area contributed by atoms with Gasteiger partial charge in [0.1, 0.15) is 5.69 Å². The Morgan fingerprint density at radius 2 is 1.40 bits per heavy atom. The van der Waals surface area contributed by atoms with E-state index >= 15 is 0 Å². The fourth-order valence-corrected chi connectivity index (χ4v) is 2.83. The lowest BCUT2D eigenvalue weighted by Gasteiger charge is -2.17. The molecule has 0 aliphatic heterocycles. The first kappa shape index (κ1) is 16.4. The Hall–Kier alpha value is -3.48. The second-order valence-corrected chi connectivity index (χ2v) is 5.63. The Kier molecular flexibility index (Phi) is 4.30. The van der Waals surface area contributed by atoms with E-state index in [9.17, 15) is 20.2 Å². The van der Waals surface area contributed by atoms with Gasteiger partial charge in [0.2, 0.25) is 0 Å². The minimum atomic E-state index is -0.598. The summed E-state index contributed by atoms with van der Waals surface area (Å²) in [4.78, 5) is 21.6. The summed E-state index contributed by atoms with van der Waals surface area (Å²) in [5, 5.41) is 26.8. The van der Waals surface area contributed by atoms with Gasteiger partial charge in [-0.05, 0) is 18.6 Å². The average molecular weight is 337 g/mol. The molecule has 0 saturated heterocycles. The molecule has 0 bridgehead atoms. The summed E-state index contributed by atoms with van der Waals surface area (Å²) in [6.45, 7) is 1.88. The van der Waals surface area contributed by atoms with Crippen molar-refractivity contribution in [3.63, 3.8) is 0 Å². The SMILES string of the molecule is C[C@@H](Nc1c([N+](=O)[O-])cc([N+](=O)[O-])c2ccccc12)c1ccccc1. The zero-order valence-corrected chi connectivity index (χ0v) is 13.4. The Labute approximate surface area is 143 Å². The lowest BCUT2D eigenvalue weighted by atomic mass is 10.0. The molecule has 0 aromatic heterocycles. The molecular formula is C18H15N3O4. The Morgan fingerprint density at radius 1 is 0.840 bits per heavy atom. The van der Waals surface area contributed by atoms with Crippen LogP contribution < -0.4 is 5.32 Å². The number of rotatable bonds is 5. The normalized spacial score (nSPS) is 11.9. The molecule has 3 rings (SSSR count). The molecule has 0 unspecified atom stereocenters. The number of fused-ring (bicyclic) bond motifs is 1. The standard InChI is InChI=1S/C18H15N3O4/c1-12(13-7-3-2-4-8-13)19-18-15-10-6-5-9-14(15)16(20(22)23)11-17(18)21(24)25/h2-12,19H,1H3/t12-/m1/s1. The molecule has 0 aliphatic carbocycles. The molecular weight excluding hydrogens is 322 g/mol. The van der Waals surface area contributed by atoms with Crippen molar-refractivity contribution in [1.29, 1.82) is 0 Å². The summed E-state index contributed by atoms with van der Waals surface area (Å²) in [6, 6.07) is 16.9. The highest BCUT2D eigenvalue weighted by atomic mass is 16.6. The van der Waals surface area contributed by atoms with Crippen LogP contribution in [0.25, 0.3) is 10.8 Å². The van der Waals surface area contributed by atoms with Crippen LogP contribution in [0.1, 0.15) is 18.5 Å². The van der Waals surface area contributed by atoms with Gasteiger partial charge >= 0.3 is 0 Å². The number of nitrogens with zero attached hydrogens (tertiary/aromatic N) is 2. The molecule has 7 nitrogen and oxygen atoms in total. The molecule has 1 atom stereocenters. The van der Waals surface area contributed by atoms with Gasteiger partial charge in [-0.15, -0.1) is 0 Å². The summed E-state index contributed by atoms with van der Waals surface area (Å²) in [5.41, 5.74) is 0.648. The van der Waals surface area contributed by atoms with E-state index in [4.69, 9.17) is 0 Å². The van der Waals surface area contributed by atoms with Gasteiger partial charge < -0.3 is 5.32 Å². The number of non-ortho nitro benzene ring substituents is 1. The summed E-state index contributed by atoms with van der Waals surface area (Å²) in [5.74, 6) is 0. The highest BCUT2D eigenvalue weighted by molar-refractivity contribution is 6.03. The van der Waals surface area contributed by atoms with E-state index in [1.54, 1.807) is 24.3 Å². The number of nitro groups is 2. The van der Waals surface area contributed by atoms with E-state index in [2.05, 4.69) is 5.32 Å². The van der Waals surface area contributed by atoms with Crippen molar-refractivity contribution in [1.82, 2.24) is 0 Å². The van der Waals surface area contributed by atoms with Crippen LogP contribution in [0.4, 0.5) is 17.1 Å². The van der Waals surface area contributed by atoms with E-state index in [1.165, 1.54) is 0 Å². The van der Waals surface area contributed by atoms with Gasteiger partial charge in [-0.3, -0.25) is 20.2 Å². The summed E-state index contributed by atoms with van der Waals surface area (Å²) < 4.78 is 0. The Morgan fingerprint density at radius 3 is 2.00 bits per heavy atom. The van der Waals surface area contributed by atoms with Crippen LogP contribution in [0, 0.1) is 20.2 Å². The van der Waals surface area contributed by atoms with Gasteiger partial charge in [0.25, 0.3) is 11.4 Å². The van der Waals surface area contributed by atoms with Crippen molar-refractivity contribution >= 4 is 27.8 Å². The second kappa shape index (κ2) is 6.56. The van der Waals surface area contributed by atoms with Gasteiger partial charge in [0, 0.05) is 11.4 Å². The van der Waals surface area contributed by atoms with E-state index in [0.717, 1.165) is 11.6 Å². The van der Waals surface area contributed by atoms with Gasteiger partial charge in [0.05, 0.1) is 21.3 Å². The third-order valence-electron chi connectivity index (χ3n) is 4.06. The third kappa shape index (κ3) is 3.12. The van der Waals surface area contributed by atoms with Crippen molar-refractivity contribution in [2.45, 2.75) is 13.0 Å². The third-order valence-corrected chi connectivity index (χ3v) is 4.06. The number of benzene rings is 3. The topological polar surface area (TPSA) is 98.3 Å². The molecule has 0 saturated carbocycles. The molecule has 3 aromatic rings.